The highest BCUT2D eigenvalue weighted by atomic mass is 19.1. The molecule has 1 aliphatic heterocycles. The molecule has 2 N–H and O–H groups in total. The summed E-state index contributed by atoms with van der Waals surface area (Å²) in [5.41, 5.74) is 5.81. The average molecular weight is 371 g/mol. The van der Waals surface area contributed by atoms with E-state index in [1.165, 1.54) is 40.3 Å². The van der Waals surface area contributed by atoms with Crippen LogP contribution in [0.5, 0.6) is 0 Å². The van der Waals surface area contributed by atoms with E-state index in [4.69, 9.17) is 10.5 Å². The van der Waals surface area contributed by atoms with E-state index in [0.717, 1.165) is 0 Å². The summed E-state index contributed by atoms with van der Waals surface area (Å²) < 4.78 is 22.6. The zero-order valence-electron chi connectivity index (χ0n) is 13.9. The first-order valence-corrected chi connectivity index (χ1v) is 7.98. The highest BCUT2D eigenvalue weighted by Gasteiger charge is 2.33. The molecule has 3 aromatic rings. The molecule has 0 spiro atoms. The third-order valence-electron chi connectivity index (χ3n) is 4.09. The first-order valence-electron chi connectivity index (χ1n) is 7.98. The van der Waals surface area contributed by atoms with Gasteiger partial charge in [0.25, 0.3) is 5.91 Å². The third kappa shape index (κ3) is 3.21. The lowest BCUT2D eigenvalue weighted by atomic mass is 10.2. The molecule has 0 radical (unpaired) electrons. The Bertz CT molecular complexity index is 1000. The number of anilines is 1. The van der Waals surface area contributed by atoms with Crippen LogP contribution in [-0.2, 0) is 11.3 Å². The van der Waals surface area contributed by atoms with Crippen molar-refractivity contribution in [2.45, 2.75) is 12.6 Å². The molecule has 11 heteroatoms. The molecule has 1 unspecified atom stereocenters. The van der Waals surface area contributed by atoms with Gasteiger partial charge in [-0.2, -0.15) is 5.10 Å². The third-order valence-corrected chi connectivity index (χ3v) is 4.09. The molecule has 27 heavy (non-hydrogen) atoms. The van der Waals surface area contributed by atoms with Gasteiger partial charge in [0.1, 0.15) is 11.8 Å². The fourth-order valence-corrected chi connectivity index (χ4v) is 2.80. The fourth-order valence-electron chi connectivity index (χ4n) is 2.80. The number of primary amides is 1. The van der Waals surface area contributed by atoms with Crippen LogP contribution in [0.3, 0.4) is 0 Å². The summed E-state index contributed by atoms with van der Waals surface area (Å²) in [6.07, 6.45) is 4.78. The minimum Gasteiger partial charge on any atom is -0.442 e. The molecule has 2 aromatic heterocycles. The van der Waals surface area contributed by atoms with Gasteiger partial charge in [-0.25, -0.2) is 18.5 Å². The minimum atomic E-state index is -0.656. The van der Waals surface area contributed by atoms with Gasteiger partial charge >= 0.3 is 6.09 Å². The highest BCUT2D eigenvalue weighted by Crippen LogP contribution is 2.25. The Morgan fingerprint density at radius 2 is 2.26 bits per heavy atom. The van der Waals surface area contributed by atoms with Crippen molar-refractivity contribution >= 4 is 17.7 Å². The van der Waals surface area contributed by atoms with Crippen LogP contribution in [0.1, 0.15) is 10.4 Å². The Balaban J connectivity index is 1.53. The standard InChI is InChI=1S/C16H14FN7O3/c17-13-5-11(1-2-14(13)24-7-10(6-20-24)15(18)25)23-9-12(27-16(23)26)8-22-4-3-19-21-22/h1-7,12H,8-9H2,(H2,18,25). The molecule has 1 saturated heterocycles. The Hall–Kier alpha value is -3.76. The number of carbonyl (C=O) groups excluding carboxylic acids is 2. The number of benzene rings is 1. The topological polar surface area (TPSA) is 121 Å². The van der Waals surface area contributed by atoms with Crippen LogP contribution in [0.2, 0.25) is 0 Å². The molecule has 3 heterocycles. The monoisotopic (exact) mass is 371 g/mol. The van der Waals surface area contributed by atoms with Crippen LogP contribution >= 0.6 is 0 Å². The molecule has 0 bridgehead atoms. The maximum atomic E-state index is 14.6. The van der Waals surface area contributed by atoms with Gasteiger partial charge in [-0.05, 0) is 18.2 Å². The summed E-state index contributed by atoms with van der Waals surface area (Å²) in [5, 5.41) is 11.4. The number of nitrogens with two attached hydrogens (primary N) is 1. The van der Waals surface area contributed by atoms with Crippen molar-refractivity contribution < 1.29 is 18.7 Å². The zero-order chi connectivity index (χ0) is 19.0. The van der Waals surface area contributed by atoms with Crippen LogP contribution in [0.4, 0.5) is 14.9 Å². The maximum absolute atomic E-state index is 14.6. The molecule has 2 amide bonds. The van der Waals surface area contributed by atoms with E-state index in [9.17, 15) is 14.0 Å². The molecule has 138 valence electrons. The van der Waals surface area contributed by atoms with Crippen molar-refractivity contribution in [3.05, 3.63) is 54.4 Å². The van der Waals surface area contributed by atoms with Gasteiger partial charge in [-0.1, -0.05) is 5.21 Å². The van der Waals surface area contributed by atoms with Crippen molar-refractivity contribution in [2.24, 2.45) is 5.73 Å². The number of carbonyl (C=O) groups is 2. The molecule has 0 aliphatic carbocycles. The highest BCUT2D eigenvalue weighted by molar-refractivity contribution is 5.92. The first kappa shape index (κ1) is 16.7. The molecule has 10 nitrogen and oxygen atoms in total. The van der Waals surface area contributed by atoms with Gasteiger partial charge in [-0.3, -0.25) is 9.69 Å². The van der Waals surface area contributed by atoms with E-state index >= 15 is 0 Å². The van der Waals surface area contributed by atoms with Gasteiger partial charge < -0.3 is 10.5 Å². The largest absolute Gasteiger partial charge is 0.442 e. The van der Waals surface area contributed by atoms with E-state index < -0.39 is 23.9 Å². The number of aromatic nitrogens is 5. The second-order valence-corrected chi connectivity index (χ2v) is 5.92. The number of ether oxygens (including phenoxy) is 1. The van der Waals surface area contributed by atoms with Gasteiger partial charge in [0.2, 0.25) is 0 Å². The fraction of sp³-hybridized carbons (Fsp3) is 0.188. The number of cyclic esters (lactones) is 1. The van der Waals surface area contributed by atoms with Crippen LogP contribution in [0.15, 0.2) is 43.0 Å². The Labute approximate surface area is 151 Å². The molecule has 1 aliphatic rings. The summed E-state index contributed by atoms with van der Waals surface area (Å²) in [7, 11) is 0. The normalized spacial score (nSPS) is 16.6. The number of hydrogen-bond acceptors (Lipinski definition) is 6. The second kappa shape index (κ2) is 6.52. The Morgan fingerprint density at radius 1 is 1.41 bits per heavy atom. The quantitative estimate of drug-likeness (QED) is 0.706. The van der Waals surface area contributed by atoms with E-state index in [-0.39, 0.29) is 17.8 Å². The number of hydrogen-bond donors (Lipinski definition) is 1. The van der Waals surface area contributed by atoms with Gasteiger partial charge in [0.15, 0.2) is 5.82 Å². The summed E-state index contributed by atoms with van der Waals surface area (Å²) in [6, 6.07) is 4.24. The van der Waals surface area contributed by atoms with Gasteiger partial charge in [0, 0.05) is 12.4 Å². The van der Waals surface area contributed by atoms with Crippen LogP contribution < -0.4 is 10.6 Å². The molecule has 1 aromatic carbocycles. The lowest BCUT2D eigenvalue weighted by molar-refractivity contribution is 0.1000. The summed E-state index contributed by atoms with van der Waals surface area (Å²) >= 11 is 0. The lowest BCUT2D eigenvalue weighted by Crippen LogP contribution is -2.26. The predicted molar refractivity (Wildman–Crippen MR) is 89.7 cm³/mol. The Morgan fingerprint density at radius 3 is 2.93 bits per heavy atom. The predicted octanol–water partition coefficient (Wildman–Crippen LogP) is 0.727. The van der Waals surface area contributed by atoms with E-state index in [1.807, 2.05) is 0 Å². The molecule has 0 saturated carbocycles. The number of rotatable bonds is 5. The molecule has 4 rings (SSSR count). The van der Waals surface area contributed by atoms with E-state index in [1.54, 1.807) is 16.9 Å². The number of nitrogens with zero attached hydrogens (tertiary/aromatic N) is 6. The van der Waals surface area contributed by atoms with Crippen molar-refractivity contribution in [1.29, 1.82) is 0 Å². The van der Waals surface area contributed by atoms with Crippen molar-refractivity contribution in [1.82, 2.24) is 24.8 Å². The molecular formula is C16H14FN7O3. The molecule has 1 atom stereocenters. The second-order valence-electron chi connectivity index (χ2n) is 5.92. The SMILES string of the molecule is NC(=O)c1cnn(-c2ccc(N3CC(Cn4ccnn4)OC3=O)cc2F)c1. The van der Waals surface area contributed by atoms with E-state index in [2.05, 4.69) is 15.4 Å². The molecular weight excluding hydrogens is 357 g/mol. The summed E-state index contributed by atoms with van der Waals surface area (Å²) in [6.45, 7) is 0.608. The van der Waals surface area contributed by atoms with E-state index in [0.29, 0.717) is 12.2 Å². The smallest absolute Gasteiger partial charge is 0.414 e. The van der Waals surface area contributed by atoms with Crippen molar-refractivity contribution in [3.8, 4) is 5.69 Å². The van der Waals surface area contributed by atoms with Crippen molar-refractivity contribution in [3.63, 3.8) is 0 Å². The maximum Gasteiger partial charge on any atom is 0.414 e. The first-order chi connectivity index (χ1) is 13.0. The minimum absolute atomic E-state index is 0.123. The van der Waals surface area contributed by atoms with Crippen LogP contribution in [0.25, 0.3) is 5.69 Å². The lowest BCUT2D eigenvalue weighted by Gasteiger charge is -2.14. The average Bonchev–Trinajstić information content (AvgIpc) is 3.36. The van der Waals surface area contributed by atoms with Crippen LogP contribution in [-0.4, -0.2) is 49.4 Å². The summed E-state index contributed by atoms with van der Waals surface area (Å²) in [5.74, 6) is -1.27. The Kier molecular flexibility index (Phi) is 4.03. The van der Waals surface area contributed by atoms with Crippen LogP contribution in [0, 0.1) is 5.82 Å². The van der Waals surface area contributed by atoms with Crippen molar-refractivity contribution in [2.75, 3.05) is 11.4 Å². The number of halogens is 1. The molecule has 1 fully saturated rings. The van der Waals surface area contributed by atoms with Gasteiger partial charge in [-0.15, -0.1) is 5.10 Å². The zero-order valence-corrected chi connectivity index (χ0v) is 13.9. The summed E-state index contributed by atoms with van der Waals surface area (Å²) in [4.78, 5) is 24.6. The number of amides is 2. The van der Waals surface area contributed by atoms with Gasteiger partial charge in [0.05, 0.1) is 36.7 Å².